The molecule has 1 rings (SSSR count). The van der Waals surface area contributed by atoms with E-state index in [1.807, 2.05) is 0 Å². The van der Waals surface area contributed by atoms with Crippen molar-refractivity contribution >= 4 is 22.0 Å². The normalized spacial score (nSPS) is 22.4. The van der Waals surface area contributed by atoms with E-state index in [1.165, 1.54) is 0 Å². The van der Waals surface area contributed by atoms with Gasteiger partial charge in [-0.2, -0.15) is 0 Å². The van der Waals surface area contributed by atoms with Gasteiger partial charge < -0.3 is 0 Å². The van der Waals surface area contributed by atoms with Crippen LogP contribution in [-0.2, 0) is 9.59 Å². The van der Waals surface area contributed by atoms with Crippen LogP contribution in [0.1, 0.15) is 6.92 Å². The Balaban J connectivity index is 2.59. The van der Waals surface area contributed by atoms with Crippen LogP contribution >= 0.6 is 11.8 Å². The highest BCUT2D eigenvalue weighted by Gasteiger charge is 2.34. The Hall–Kier alpha value is -0.310. The SMILES string of the molecule is CC1C(=O)SC1=O. The van der Waals surface area contributed by atoms with Crippen molar-refractivity contribution in [2.24, 2.45) is 5.92 Å². The van der Waals surface area contributed by atoms with Crippen LogP contribution in [0, 0.1) is 5.92 Å². The predicted molar refractivity (Wildman–Crippen MR) is 26.8 cm³/mol. The zero-order valence-corrected chi connectivity index (χ0v) is 4.62. The molecule has 0 aromatic carbocycles. The van der Waals surface area contributed by atoms with Crippen LogP contribution in [0.3, 0.4) is 0 Å². The summed E-state index contributed by atoms with van der Waals surface area (Å²) in [7, 11) is 0. The smallest absolute Gasteiger partial charge is 0.207 e. The van der Waals surface area contributed by atoms with Gasteiger partial charge in [0.1, 0.15) is 0 Å². The van der Waals surface area contributed by atoms with Gasteiger partial charge in [-0.3, -0.25) is 9.59 Å². The Kier molecular flexibility index (Phi) is 0.922. The molecule has 0 saturated carbocycles. The molecule has 0 amide bonds. The lowest BCUT2D eigenvalue weighted by Crippen LogP contribution is -2.27. The Labute approximate surface area is 45.3 Å². The van der Waals surface area contributed by atoms with Gasteiger partial charge in [-0.1, -0.05) is 0 Å². The molecule has 0 spiro atoms. The monoisotopic (exact) mass is 116 g/mol. The topological polar surface area (TPSA) is 34.1 Å². The first kappa shape index (κ1) is 4.84. The van der Waals surface area contributed by atoms with Crippen LogP contribution in [0.25, 0.3) is 0 Å². The molecule has 0 aromatic heterocycles. The van der Waals surface area contributed by atoms with Gasteiger partial charge in [0.05, 0.1) is 5.92 Å². The molecule has 0 N–H and O–H groups in total. The van der Waals surface area contributed by atoms with E-state index in [0.717, 1.165) is 11.8 Å². The minimum absolute atomic E-state index is 0.00463. The first-order valence-electron chi connectivity index (χ1n) is 1.97. The molecular formula is C4H4O2S. The van der Waals surface area contributed by atoms with Crippen LogP contribution in [-0.4, -0.2) is 10.2 Å². The fourth-order valence-electron chi connectivity index (χ4n) is 0.314. The third-order valence-corrected chi connectivity index (χ3v) is 2.02. The van der Waals surface area contributed by atoms with E-state index in [1.54, 1.807) is 6.92 Å². The lowest BCUT2D eigenvalue weighted by atomic mass is 10.2. The second kappa shape index (κ2) is 1.33. The van der Waals surface area contributed by atoms with Crippen LogP contribution < -0.4 is 0 Å². The van der Waals surface area contributed by atoms with Gasteiger partial charge in [0.15, 0.2) is 0 Å². The summed E-state index contributed by atoms with van der Waals surface area (Å²) in [6, 6.07) is 0. The number of carbonyl (C=O) groups is 2. The van der Waals surface area contributed by atoms with E-state index in [-0.39, 0.29) is 16.1 Å². The summed E-state index contributed by atoms with van der Waals surface area (Å²) in [6.45, 7) is 1.63. The molecule has 1 aliphatic heterocycles. The molecule has 1 fully saturated rings. The molecule has 1 saturated heterocycles. The lowest BCUT2D eigenvalue weighted by molar-refractivity contribution is -0.125. The standard InChI is InChI=1S/C4H4O2S/c1-2-3(5)7-4(2)6/h2H,1H3. The van der Waals surface area contributed by atoms with Gasteiger partial charge in [0.25, 0.3) is 0 Å². The van der Waals surface area contributed by atoms with Crippen LogP contribution in [0.4, 0.5) is 0 Å². The maximum absolute atomic E-state index is 10.2. The summed E-state index contributed by atoms with van der Waals surface area (Å²) in [6.07, 6.45) is 0. The number of thioether (sulfide) groups is 1. The second-order valence-electron chi connectivity index (χ2n) is 1.46. The Bertz CT molecular complexity index is 116. The zero-order valence-electron chi connectivity index (χ0n) is 3.80. The average molecular weight is 116 g/mol. The fourth-order valence-corrected chi connectivity index (χ4v) is 0.894. The second-order valence-corrected chi connectivity index (χ2v) is 2.47. The van der Waals surface area contributed by atoms with Gasteiger partial charge in [-0.25, -0.2) is 0 Å². The lowest BCUT2D eigenvalue weighted by Gasteiger charge is -2.14. The van der Waals surface area contributed by atoms with Crippen LogP contribution in [0.5, 0.6) is 0 Å². The molecule has 1 aliphatic rings. The minimum Gasteiger partial charge on any atom is -0.286 e. The Morgan fingerprint density at radius 2 is 1.86 bits per heavy atom. The molecule has 38 valence electrons. The zero-order chi connectivity index (χ0) is 5.44. The van der Waals surface area contributed by atoms with Crippen molar-refractivity contribution in [1.82, 2.24) is 0 Å². The first-order chi connectivity index (χ1) is 3.22. The summed E-state index contributed by atoms with van der Waals surface area (Å²) < 4.78 is 0. The Morgan fingerprint density at radius 1 is 1.43 bits per heavy atom. The van der Waals surface area contributed by atoms with Gasteiger partial charge in [-0.05, 0) is 18.7 Å². The number of rotatable bonds is 0. The van der Waals surface area contributed by atoms with Gasteiger partial charge >= 0.3 is 0 Å². The van der Waals surface area contributed by atoms with Crippen molar-refractivity contribution in [3.8, 4) is 0 Å². The molecule has 0 atom stereocenters. The molecule has 0 radical (unpaired) electrons. The van der Waals surface area contributed by atoms with Crippen molar-refractivity contribution in [1.29, 1.82) is 0 Å². The Morgan fingerprint density at radius 3 is 1.86 bits per heavy atom. The number of hydrogen-bond acceptors (Lipinski definition) is 3. The molecule has 7 heavy (non-hydrogen) atoms. The first-order valence-corrected chi connectivity index (χ1v) is 2.79. The van der Waals surface area contributed by atoms with E-state index >= 15 is 0 Å². The van der Waals surface area contributed by atoms with Crippen LogP contribution in [0.15, 0.2) is 0 Å². The molecular weight excluding hydrogens is 112 g/mol. The van der Waals surface area contributed by atoms with E-state index < -0.39 is 0 Å². The average Bonchev–Trinajstić information content (AvgIpc) is 1.68. The predicted octanol–water partition coefficient (Wildman–Crippen LogP) is 0.422. The maximum atomic E-state index is 10.2. The van der Waals surface area contributed by atoms with E-state index in [2.05, 4.69) is 0 Å². The summed E-state index contributed by atoms with van der Waals surface area (Å²) >= 11 is 0.814. The van der Waals surface area contributed by atoms with Gasteiger partial charge in [-0.15, -0.1) is 0 Å². The molecule has 0 unspecified atom stereocenters. The maximum Gasteiger partial charge on any atom is 0.207 e. The van der Waals surface area contributed by atoms with Gasteiger partial charge in [0.2, 0.25) is 10.2 Å². The highest BCUT2D eigenvalue weighted by atomic mass is 32.2. The molecule has 0 aliphatic carbocycles. The van der Waals surface area contributed by atoms with E-state index in [0.29, 0.717) is 0 Å². The van der Waals surface area contributed by atoms with E-state index in [4.69, 9.17) is 0 Å². The summed E-state index contributed by atoms with van der Waals surface area (Å²) in [5.74, 6) is -0.315. The third kappa shape index (κ3) is 0.567. The van der Waals surface area contributed by atoms with E-state index in [9.17, 15) is 9.59 Å². The summed E-state index contributed by atoms with van der Waals surface area (Å²) in [5, 5.41) is 0.00926. The van der Waals surface area contributed by atoms with Crippen LogP contribution in [0.2, 0.25) is 0 Å². The van der Waals surface area contributed by atoms with Crippen molar-refractivity contribution in [2.45, 2.75) is 6.92 Å². The highest BCUT2D eigenvalue weighted by Crippen LogP contribution is 2.27. The third-order valence-electron chi connectivity index (χ3n) is 0.908. The molecule has 3 heteroatoms. The highest BCUT2D eigenvalue weighted by molar-refractivity contribution is 8.29. The minimum atomic E-state index is -0.315. The van der Waals surface area contributed by atoms with Crippen molar-refractivity contribution in [3.63, 3.8) is 0 Å². The van der Waals surface area contributed by atoms with Crippen molar-refractivity contribution in [2.75, 3.05) is 0 Å². The largest absolute Gasteiger partial charge is 0.286 e. The molecule has 2 nitrogen and oxygen atoms in total. The number of carbonyl (C=O) groups excluding carboxylic acids is 2. The molecule has 1 heterocycles. The van der Waals surface area contributed by atoms with Crippen molar-refractivity contribution < 1.29 is 9.59 Å². The fraction of sp³-hybridized carbons (Fsp3) is 0.500. The molecule has 0 bridgehead atoms. The molecule has 0 aromatic rings. The number of hydrogen-bond donors (Lipinski definition) is 0. The van der Waals surface area contributed by atoms with Gasteiger partial charge in [0, 0.05) is 0 Å². The summed E-state index contributed by atoms with van der Waals surface area (Å²) in [4.78, 5) is 20.4. The van der Waals surface area contributed by atoms with Crippen molar-refractivity contribution in [3.05, 3.63) is 0 Å². The quantitative estimate of drug-likeness (QED) is 0.430. The summed E-state index contributed by atoms with van der Waals surface area (Å²) in [5.41, 5.74) is 0.